The molecule has 0 aromatic heterocycles. The van der Waals surface area contributed by atoms with Crippen LogP contribution in [-0.4, -0.2) is 15.3 Å². The summed E-state index contributed by atoms with van der Waals surface area (Å²) in [6.07, 6.45) is 0. The van der Waals surface area contributed by atoms with Crippen molar-refractivity contribution in [1.82, 2.24) is 0 Å². The van der Waals surface area contributed by atoms with E-state index >= 15 is 0 Å². The molecule has 3 nitrogen and oxygen atoms in total. The average Bonchev–Trinajstić information content (AvgIpc) is 2.76. The summed E-state index contributed by atoms with van der Waals surface area (Å²) in [5.74, 6) is 0.306. The van der Waals surface area contributed by atoms with Crippen molar-refractivity contribution >= 4 is 21.5 Å². The van der Waals surface area contributed by atoms with Crippen molar-refractivity contribution in [2.75, 3.05) is 0 Å². The van der Waals surface area contributed by atoms with E-state index in [0.29, 0.717) is 27.8 Å². The first kappa shape index (κ1) is 20.0. The van der Waals surface area contributed by atoms with Gasteiger partial charge in [-0.05, 0) is 65.6 Å². The Morgan fingerprint density at radius 2 is 1.00 bits per heavy atom. The zero-order valence-corrected chi connectivity index (χ0v) is 18.3. The summed E-state index contributed by atoms with van der Waals surface area (Å²) in [6, 6.07) is 23.0. The fourth-order valence-corrected chi connectivity index (χ4v) is 4.55. The number of rotatable bonds is 2. The molecule has 5 aromatic rings. The van der Waals surface area contributed by atoms with Gasteiger partial charge in [-0.15, -0.1) is 0 Å². The quantitative estimate of drug-likeness (QED) is 0.279. The van der Waals surface area contributed by atoms with Crippen LogP contribution in [0.1, 0.15) is 16.7 Å². The first-order valence-electron chi connectivity index (χ1n) is 10.6. The lowest BCUT2D eigenvalue weighted by atomic mass is 9.86. The lowest BCUT2D eigenvalue weighted by Gasteiger charge is -2.19. The lowest BCUT2D eigenvalue weighted by Crippen LogP contribution is -1.93. The molecule has 3 heteroatoms. The Morgan fingerprint density at radius 3 is 1.59 bits per heavy atom. The van der Waals surface area contributed by atoms with Crippen molar-refractivity contribution in [1.29, 1.82) is 0 Å². The van der Waals surface area contributed by atoms with Crippen molar-refractivity contribution < 1.29 is 15.3 Å². The fourth-order valence-electron chi connectivity index (χ4n) is 4.55. The van der Waals surface area contributed by atoms with E-state index < -0.39 is 0 Å². The van der Waals surface area contributed by atoms with E-state index in [4.69, 9.17) is 0 Å². The molecule has 0 saturated carbocycles. The Labute approximate surface area is 186 Å². The molecule has 0 aliphatic rings. The Morgan fingerprint density at radius 1 is 0.500 bits per heavy atom. The predicted octanol–water partition coefficient (Wildman–Crippen LogP) is 7.37. The number of aromatic hydroxyl groups is 3. The third-order valence-electron chi connectivity index (χ3n) is 6.21. The maximum Gasteiger partial charge on any atom is 0.127 e. The van der Waals surface area contributed by atoms with Gasteiger partial charge in [0.15, 0.2) is 0 Å². The third-order valence-corrected chi connectivity index (χ3v) is 6.21. The highest BCUT2D eigenvalue weighted by Gasteiger charge is 2.22. The third kappa shape index (κ3) is 3.05. The first-order chi connectivity index (χ1) is 15.3. The summed E-state index contributed by atoms with van der Waals surface area (Å²) < 4.78 is 0. The second-order valence-electron chi connectivity index (χ2n) is 8.52. The molecule has 0 radical (unpaired) electrons. The van der Waals surface area contributed by atoms with Crippen molar-refractivity contribution in [2.45, 2.75) is 20.8 Å². The molecule has 158 valence electrons. The van der Waals surface area contributed by atoms with E-state index in [9.17, 15) is 15.3 Å². The molecule has 0 heterocycles. The monoisotopic (exact) mass is 420 g/mol. The largest absolute Gasteiger partial charge is 0.507 e. The second-order valence-corrected chi connectivity index (χ2v) is 8.52. The van der Waals surface area contributed by atoms with Crippen molar-refractivity contribution in [3.05, 3.63) is 89.5 Å². The summed E-state index contributed by atoms with van der Waals surface area (Å²) in [5, 5.41) is 36.9. The average molecular weight is 421 g/mol. The maximum absolute atomic E-state index is 11.3. The molecule has 32 heavy (non-hydrogen) atoms. The molecule has 0 bridgehead atoms. The van der Waals surface area contributed by atoms with Gasteiger partial charge in [-0.1, -0.05) is 71.8 Å². The molecule has 0 saturated heterocycles. The van der Waals surface area contributed by atoms with Gasteiger partial charge in [-0.25, -0.2) is 0 Å². The summed E-state index contributed by atoms with van der Waals surface area (Å²) in [6.45, 7) is 5.85. The van der Waals surface area contributed by atoms with Crippen molar-refractivity contribution in [3.63, 3.8) is 0 Å². The van der Waals surface area contributed by atoms with Crippen LogP contribution in [0.3, 0.4) is 0 Å². The summed E-state index contributed by atoms with van der Waals surface area (Å²) in [4.78, 5) is 0. The van der Waals surface area contributed by atoms with Gasteiger partial charge in [-0.2, -0.15) is 0 Å². The van der Waals surface area contributed by atoms with Gasteiger partial charge in [0, 0.05) is 16.7 Å². The van der Waals surface area contributed by atoms with E-state index in [1.165, 1.54) is 0 Å². The molecule has 0 aliphatic heterocycles. The minimum absolute atomic E-state index is 0.0844. The molecule has 0 amide bonds. The molecule has 0 atom stereocenters. The van der Waals surface area contributed by atoms with Gasteiger partial charge in [0.05, 0.1) is 0 Å². The molecule has 0 unspecified atom stereocenters. The SMILES string of the molecule is Cc1ccc2ccc(O)c(-c3ccc(C)c(O)c3-c3c(O)ccc4ccc(C)cc34)c2c1. The molecule has 0 fully saturated rings. The highest BCUT2D eigenvalue weighted by Crippen LogP contribution is 2.50. The molecule has 5 rings (SSSR count). The topological polar surface area (TPSA) is 60.7 Å². The van der Waals surface area contributed by atoms with Crippen molar-refractivity contribution in [3.8, 4) is 39.5 Å². The number of phenols is 3. The van der Waals surface area contributed by atoms with Crippen molar-refractivity contribution in [2.24, 2.45) is 0 Å². The van der Waals surface area contributed by atoms with Crippen LogP contribution in [0.2, 0.25) is 0 Å². The van der Waals surface area contributed by atoms with Gasteiger partial charge < -0.3 is 15.3 Å². The summed E-state index contributed by atoms with van der Waals surface area (Å²) >= 11 is 0. The molecular formula is C29H24O3. The number of hydrogen-bond acceptors (Lipinski definition) is 3. The number of phenolic OH excluding ortho intramolecular Hbond substituents is 3. The Kier molecular flexibility index (Phi) is 4.56. The number of aryl methyl sites for hydroxylation is 3. The van der Waals surface area contributed by atoms with Gasteiger partial charge in [0.25, 0.3) is 0 Å². The zero-order valence-electron chi connectivity index (χ0n) is 18.3. The first-order valence-corrected chi connectivity index (χ1v) is 10.6. The van der Waals surface area contributed by atoms with Crippen LogP contribution in [0, 0.1) is 20.8 Å². The van der Waals surface area contributed by atoms with Crippen LogP contribution < -0.4 is 0 Å². The Balaban J connectivity index is 1.97. The summed E-state index contributed by atoms with van der Waals surface area (Å²) in [5.41, 5.74) is 5.22. The summed E-state index contributed by atoms with van der Waals surface area (Å²) in [7, 11) is 0. The molecule has 3 N–H and O–H groups in total. The van der Waals surface area contributed by atoms with Crippen LogP contribution >= 0.6 is 0 Å². The Hall–Kier alpha value is -3.98. The highest BCUT2D eigenvalue weighted by molar-refractivity contribution is 6.10. The van der Waals surface area contributed by atoms with Crippen LogP contribution in [0.4, 0.5) is 0 Å². The van der Waals surface area contributed by atoms with E-state index in [2.05, 4.69) is 0 Å². The van der Waals surface area contributed by atoms with Gasteiger partial charge in [0.1, 0.15) is 17.2 Å². The van der Waals surface area contributed by atoms with Crippen LogP contribution in [0.5, 0.6) is 17.2 Å². The van der Waals surface area contributed by atoms with Crippen LogP contribution in [0.15, 0.2) is 72.8 Å². The van der Waals surface area contributed by atoms with E-state index in [-0.39, 0.29) is 17.2 Å². The standard InChI is InChI=1S/C29H24O3/c1-16-4-7-19-9-12-24(30)26(22(19)14-16)21-11-6-18(3)29(32)28(21)27-23-15-17(2)5-8-20(23)10-13-25(27)31/h4-15,30-32H,1-3H3. The maximum atomic E-state index is 11.3. The normalized spacial score (nSPS) is 11.3. The second kappa shape index (κ2) is 7.31. The smallest absolute Gasteiger partial charge is 0.127 e. The molecular weight excluding hydrogens is 396 g/mol. The minimum atomic E-state index is 0.0844. The lowest BCUT2D eigenvalue weighted by molar-refractivity contribution is 0.467. The van der Waals surface area contributed by atoms with E-state index in [1.54, 1.807) is 12.1 Å². The van der Waals surface area contributed by atoms with Gasteiger partial charge >= 0.3 is 0 Å². The van der Waals surface area contributed by atoms with Crippen LogP contribution in [0.25, 0.3) is 43.8 Å². The number of fused-ring (bicyclic) bond motifs is 2. The van der Waals surface area contributed by atoms with E-state index in [0.717, 1.165) is 32.7 Å². The van der Waals surface area contributed by atoms with Gasteiger partial charge in [0.2, 0.25) is 0 Å². The molecule has 0 spiro atoms. The van der Waals surface area contributed by atoms with E-state index in [1.807, 2.05) is 81.4 Å². The number of hydrogen-bond donors (Lipinski definition) is 3. The highest BCUT2D eigenvalue weighted by atomic mass is 16.3. The Bertz CT molecular complexity index is 1520. The molecule has 0 aliphatic carbocycles. The van der Waals surface area contributed by atoms with Crippen LogP contribution in [-0.2, 0) is 0 Å². The predicted molar refractivity (Wildman–Crippen MR) is 132 cm³/mol. The molecule has 5 aromatic carbocycles. The fraction of sp³-hybridized carbons (Fsp3) is 0.103. The number of benzene rings is 5. The minimum Gasteiger partial charge on any atom is -0.507 e. The zero-order chi connectivity index (χ0) is 22.6. The van der Waals surface area contributed by atoms with Gasteiger partial charge in [-0.3, -0.25) is 0 Å².